The minimum absolute atomic E-state index is 0.243. The summed E-state index contributed by atoms with van der Waals surface area (Å²) in [4.78, 5) is 4.27. The molecule has 0 aliphatic carbocycles. The van der Waals surface area contributed by atoms with Crippen LogP contribution in [0.4, 0.5) is 0 Å². The number of benzene rings is 1. The van der Waals surface area contributed by atoms with Crippen LogP contribution in [0.1, 0.15) is 12.5 Å². The Morgan fingerprint density at radius 2 is 2.00 bits per heavy atom. The molecule has 1 unspecified atom stereocenters. The van der Waals surface area contributed by atoms with Crippen LogP contribution >= 0.6 is 0 Å². The van der Waals surface area contributed by atoms with Gasteiger partial charge in [-0.2, -0.15) is 0 Å². The summed E-state index contributed by atoms with van der Waals surface area (Å²) in [5.41, 5.74) is 3.72. The Balaban J connectivity index is 2.14. The fraction of sp³-hybridized carbons (Fsp3) is 0.214. The summed E-state index contributed by atoms with van der Waals surface area (Å²) in [6.45, 7) is 2.08. The van der Waals surface area contributed by atoms with Crippen molar-refractivity contribution in [3.05, 3.63) is 48.2 Å². The molecule has 0 amide bonds. The number of pyridine rings is 1. The Hall–Kier alpha value is -1.83. The van der Waals surface area contributed by atoms with E-state index in [9.17, 15) is 0 Å². The van der Waals surface area contributed by atoms with Crippen LogP contribution in [0.15, 0.2) is 42.6 Å². The van der Waals surface area contributed by atoms with Gasteiger partial charge < -0.3 is 4.74 Å². The lowest BCUT2D eigenvalue weighted by molar-refractivity contribution is 0.246. The van der Waals surface area contributed by atoms with Crippen molar-refractivity contribution in [2.75, 3.05) is 0 Å². The highest BCUT2D eigenvalue weighted by molar-refractivity contribution is 5.69. The second-order valence-electron chi connectivity index (χ2n) is 4.14. The topological polar surface area (TPSA) is 22.1 Å². The molecule has 16 heavy (non-hydrogen) atoms. The monoisotopic (exact) mass is 211 g/mol. The average molecular weight is 211 g/mol. The quantitative estimate of drug-likeness (QED) is 0.723. The molecule has 0 spiro atoms. The normalized spacial score (nSPS) is 17.9. The number of fused-ring (bicyclic) bond motifs is 1. The lowest BCUT2D eigenvalue weighted by atomic mass is 9.99. The first kappa shape index (κ1) is 9.40. The minimum Gasteiger partial charge on any atom is -0.474 e. The number of hydrogen-bond acceptors (Lipinski definition) is 2. The number of nitrogens with zero attached hydrogens (tertiary/aromatic N) is 1. The Kier molecular flexibility index (Phi) is 2.13. The van der Waals surface area contributed by atoms with E-state index in [1.165, 1.54) is 16.7 Å². The molecule has 0 bridgehead atoms. The van der Waals surface area contributed by atoms with E-state index >= 15 is 0 Å². The summed E-state index contributed by atoms with van der Waals surface area (Å²) in [7, 11) is 0. The predicted octanol–water partition coefficient (Wildman–Crippen LogP) is 3.07. The summed E-state index contributed by atoms with van der Waals surface area (Å²) in [5, 5.41) is 0. The van der Waals surface area contributed by atoms with Crippen LogP contribution in [0.25, 0.3) is 11.1 Å². The molecule has 1 aliphatic rings. The molecule has 1 aromatic carbocycles. The van der Waals surface area contributed by atoms with E-state index in [1.807, 2.05) is 12.3 Å². The first-order chi connectivity index (χ1) is 7.84. The zero-order valence-corrected chi connectivity index (χ0v) is 9.18. The molecule has 1 aliphatic heterocycles. The molecule has 1 atom stereocenters. The van der Waals surface area contributed by atoms with Gasteiger partial charge in [0, 0.05) is 18.2 Å². The minimum atomic E-state index is 0.243. The number of rotatable bonds is 1. The molecule has 3 rings (SSSR count). The number of hydrogen-bond donors (Lipinski definition) is 0. The Labute approximate surface area is 94.9 Å². The van der Waals surface area contributed by atoms with Gasteiger partial charge in [-0.15, -0.1) is 0 Å². The molecule has 0 saturated heterocycles. The van der Waals surface area contributed by atoms with Gasteiger partial charge in [-0.3, -0.25) is 0 Å². The molecule has 0 fully saturated rings. The smallest absolute Gasteiger partial charge is 0.217 e. The Morgan fingerprint density at radius 3 is 2.81 bits per heavy atom. The van der Waals surface area contributed by atoms with E-state index in [0.717, 1.165) is 12.3 Å². The molecule has 0 radical (unpaired) electrons. The molecule has 2 heterocycles. The van der Waals surface area contributed by atoms with Gasteiger partial charge in [-0.1, -0.05) is 30.3 Å². The Morgan fingerprint density at radius 1 is 1.19 bits per heavy atom. The fourth-order valence-electron chi connectivity index (χ4n) is 2.18. The second-order valence-corrected chi connectivity index (χ2v) is 4.14. The van der Waals surface area contributed by atoms with Crippen LogP contribution in [0.3, 0.4) is 0 Å². The molecule has 2 aromatic rings. The summed E-state index contributed by atoms with van der Waals surface area (Å²) >= 11 is 0. The summed E-state index contributed by atoms with van der Waals surface area (Å²) < 4.78 is 5.66. The first-order valence-electron chi connectivity index (χ1n) is 5.54. The van der Waals surface area contributed by atoms with Crippen LogP contribution in [0.2, 0.25) is 0 Å². The van der Waals surface area contributed by atoms with Gasteiger partial charge in [0.25, 0.3) is 0 Å². The van der Waals surface area contributed by atoms with Gasteiger partial charge in [0.2, 0.25) is 5.88 Å². The van der Waals surface area contributed by atoms with Crippen molar-refractivity contribution in [1.29, 1.82) is 0 Å². The summed E-state index contributed by atoms with van der Waals surface area (Å²) in [5.74, 6) is 0.800. The van der Waals surface area contributed by atoms with Crippen LogP contribution < -0.4 is 4.74 Å². The van der Waals surface area contributed by atoms with Gasteiger partial charge in [0.15, 0.2) is 0 Å². The summed E-state index contributed by atoms with van der Waals surface area (Å²) in [6, 6.07) is 12.5. The Bertz CT molecular complexity index is 507. The van der Waals surface area contributed by atoms with E-state index in [1.54, 1.807) is 0 Å². The fourth-order valence-corrected chi connectivity index (χ4v) is 2.18. The zero-order valence-electron chi connectivity index (χ0n) is 9.18. The largest absolute Gasteiger partial charge is 0.474 e. The SMILES string of the molecule is CC1Cc2c(-c3ccccc3)ccnc2O1. The van der Waals surface area contributed by atoms with Crippen molar-refractivity contribution in [3.8, 4) is 17.0 Å². The molecule has 2 nitrogen and oxygen atoms in total. The van der Waals surface area contributed by atoms with Crippen LogP contribution in [0.5, 0.6) is 5.88 Å². The first-order valence-corrected chi connectivity index (χ1v) is 5.54. The van der Waals surface area contributed by atoms with Crippen molar-refractivity contribution in [2.45, 2.75) is 19.4 Å². The van der Waals surface area contributed by atoms with Crippen molar-refractivity contribution in [2.24, 2.45) is 0 Å². The maximum absolute atomic E-state index is 5.66. The van der Waals surface area contributed by atoms with E-state index in [-0.39, 0.29) is 6.10 Å². The third-order valence-electron chi connectivity index (χ3n) is 2.91. The molecule has 80 valence electrons. The van der Waals surface area contributed by atoms with Crippen molar-refractivity contribution in [1.82, 2.24) is 4.98 Å². The third kappa shape index (κ3) is 1.47. The lowest BCUT2D eigenvalue weighted by Gasteiger charge is -2.05. The van der Waals surface area contributed by atoms with Gasteiger partial charge in [0.05, 0.1) is 0 Å². The van der Waals surface area contributed by atoms with Crippen molar-refractivity contribution in [3.63, 3.8) is 0 Å². The lowest BCUT2D eigenvalue weighted by Crippen LogP contribution is -2.05. The van der Waals surface area contributed by atoms with Gasteiger partial charge in [0.1, 0.15) is 6.10 Å². The van der Waals surface area contributed by atoms with Gasteiger partial charge in [-0.05, 0) is 24.1 Å². The zero-order chi connectivity index (χ0) is 11.0. The predicted molar refractivity (Wildman–Crippen MR) is 63.5 cm³/mol. The number of ether oxygens (including phenoxy) is 1. The van der Waals surface area contributed by atoms with Crippen molar-refractivity contribution < 1.29 is 4.74 Å². The van der Waals surface area contributed by atoms with E-state index < -0.39 is 0 Å². The van der Waals surface area contributed by atoms with Gasteiger partial charge in [-0.25, -0.2) is 4.98 Å². The maximum Gasteiger partial charge on any atom is 0.217 e. The molecule has 0 saturated carbocycles. The molecular formula is C14H13NO. The highest BCUT2D eigenvalue weighted by Crippen LogP contribution is 2.34. The van der Waals surface area contributed by atoms with Crippen LogP contribution in [0, 0.1) is 0 Å². The van der Waals surface area contributed by atoms with Crippen LogP contribution in [-0.2, 0) is 6.42 Å². The van der Waals surface area contributed by atoms with E-state index in [2.05, 4.69) is 42.2 Å². The van der Waals surface area contributed by atoms with Crippen molar-refractivity contribution >= 4 is 0 Å². The van der Waals surface area contributed by atoms with Gasteiger partial charge >= 0.3 is 0 Å². The van der Waals surface area contributed by atoms with E-state index in [0.29, 0.717) is 0 Å². The average Bonchev–Trinajstić information content (AvgIpc) is 2.70. The second kappa shape index (κ2) is 3.63. The highest BCUT2D eigenvalue weighted by atomic mass is 16.5. The highest BCUT2D eigenvalue weighted by Gasteiger charge is 2.23. The summed E-state index contributed by atoms with van der Waals surface area (Å²) in [6.07, 6.45) is 3.01. The molecular weight excluding hydrogens is 198 g/mol. The standard InChI is InChI=1S/C14H13NO/c1-10-9-13-12(7-8-15-14(13)16-10)11-5-3-2-4-6-11/h2-8,10H,9H2,1H3. The maximum atomic E-state index is 5.66. The molecule has 0 N–H and O–H groups in total. The van der Waals surface area contributed by atoms with E-state index in [4.69, 9.17) is 4.74 Å². The molecule has 1 aromatic heterocycles. The van der Waals surface area contributed by atoms with Crippen LogP contribution in [-0.4, -0.2) is 11.1 Å². The third-order valence-corrected chi connectivity index (χ3v) is 2.91. The molecule has 2 heteroatoms. The number of aromatic nitrogens is 1.